The van der Waals surface area contributed by atoms with Gasteiger partial charge < -0.3 is 4.74 Å². The number of hydrogen-bond donors (Lipinski definition) is 0. The summed E-state index contributed by atoms with van der Waals surface area (Å²) in [5, 5.41) is 0.654. The number of aryl methyl sites for hydroxylation is 1. The number of Topliss-reactive ketones (excluding diaryl/α,β-unsaturated/α-hetero) is 1. The minimum absolute atomic E-state index is 0.133. The Labute approximate surface area is 138 Å². The minimum Gasteiger partial charge on any atom is -0.493 e. The second-order valence-electron chi connectivity index (χ2n) is 4.79. The third-order valence-corrected chi connectivity index (χ3v) is 3.89. The molecule has 0 aliphatic heterocycles. The molecule has 0 heterocycles. The highest BCUT2D eigenvalue weighted by molar-refractivity contribution is 9.10. The zero-order valence-corrected chi connectivity index (χ0v) is 14.1. The maximum atomic E-state index is 12.0. The van der Waals surface area contributed by atoms with Gasteiger partial charge in [-0.1, -0.05) is 45.7 Å². The van der Waals surface area contributed by atoms with Gasteiger partial charge in [-0.2, -0.15) is 0 Å². The van der Waals surface area contributed by atoms with Crippen LogP contribution in [0.15, 0.2) is 46.9 Å². The largest absolute Gasteiger partial charge is 0.493 e. The average molecular weight is 368 g/mol. The quantitative estimate of drug-likeness (QED) is 0.501. The summed E-state index contributed by atoms with van der Waals surface area (Å²) in [6.45, 7) is 2.47. The van der Waals surface area contributed by atoms with E-state index in [-0.39, 0.29) is 5.78 Å². The van der Waals surface area contributed by atoms with E-state index in [1.807, 2.05) is 43.3 Å². The molecule has 110 valence electrons. The van der Waals surface area contributed by atoms with Crippen LogP contribution in [0.4, 0.5) is 0 Å². The fraction of sp³-hybridized carbons (Fsp3) is 0.235. The monoisotopic (exact) mass is 366 g/mol. The van der Waals surface area contributed by atoms with Crippen molar-refractivity contribution in [3.05, 3.63) is 63.1 Å². The third-order valence-electron chi connectivity index (χ3n) is 3.12. The molecular formula is C17H16BrClO2. The van der Waals surface area contributed by atoms with Crippen LogP contribution in [-0.2, 0) is 0 Å². The predicted molar refractivity (Wildman–Crippen MR) is 89.4 cm³/mol. The van der Waals surface area contributed by atoms with Crippen molar-refractivity contribution in [1.29, 1.82) is 0 Å². The van der Waals surface area contributed by atoms with E-state index in [0.717, 1.165) is 21.3 Å². The van der Waals surface area contributed by atoms with Crippen LogP contribution in [-0.4, -0.2) is 12.4 Å². The molecule has 0 saturated heterocycles. The number of ether oxygens (including phenoxy) is 1. The summed E-state index contributed by atoms with van der Waals surface area (Å²) in [5.41, 5.74) is 1.77. The maximum Gasteiger partial charge on any atom is 0.163 e. The van der Waals surface area contributed by atoms with Gasteiger partial charge >= 0.3 is 0 Å². The Balaban J connectivity index is 1.80. The van der Waals surface area contributed by atoms with Crippen molar-refractivity contribution < 1.29 is 9.53 Å². The summed E-state index contributed by atoms with van der Waals surface area (Å²) in [6.07, 6.45) is 1.15. The van der Waals surface area contributed by atoms with E-state index in [1.54, 1.807) is 6.07 Å². The van der Waals surface area contributed by atoms with Crippen LogP contribution < -0.4 is 4.74 Å². The molecule has 0 fully saturated rings. The van der Waals surface area contributed by atoms with Gasteiger partial charge in [0.05, 0.1) is 6.61 Å². The second-order valence-corrected chi connectivity index (χ2v) is 6.14. The second kappa shape index (κ2) is 7.62. The normalized spacial score (nSPS) is 10.4. The van der Waals surface area contributed by atoms with Crippen molar-refractivity contribution in [3.63, 3.8) is 0 Å². The van der Waals surface area contributed by atoms with Crippen molar-refractivity contribution in [2.45, 2.75) is 19.8 Å². The molecule has 0 saturated carbocycles. The molecule has 2 aromatic carbocycles. The molecule has 0 aliphatic rings. The van der Waals surface area contributed by atoms with E-state index >= 15 is 0 Å². The van der Waals surface area contributed by atoms with Crippen molar-refractivity contribution in [2.75, 3.05) is 6.61 Å². The first-order chi connectivity index (χ1) is 10.1. The van der Waals surface area contributed by atoms with Gasteiger partial charge in [0.15, 0.2) is 5.78 Å². The Bertz CT molecular complexity index is 623. The highest BCUT2D eigenvalue weighted by atomic mass is 79.9. The van der Waals surface area contributed by atoms with Crippen LogP contribution in [0.25, 0.3) is 0 Å². The average Bonchev–Trinajstić information content (AvgIpc) is 2.47. The van der Waals surface area contributed by atoms with Crippen LogP contribution >= 0.6 is 27.5 Å². The Hall–Kier alpha value is -1.32. The van der Waals surface area contributed by atoms with Crippen LogP contribution in [0.2, 0.25) is 5.02 Å². The summed E-state index contributed by atoms with van der Waals surface area (Å²) >= 11 is 9.29. The zero-order chi connectivity index (χ0) is 15.2. The molecule has 4 heteroatoms. The number of carbonyl (C=O) groups is 1. The first-order valence-electron chi connectivity index (χ1n) is 6.74. The minimum atomic E-state index is 0.133. The molecule has 21 heavy (non-hydrogen) atoms. The molecule has 0 amide bonds. The molecule has 2 rings (SSSR count). The molecule has 2 aromatic rings. The van der Waals surface area contributed by atoms with E-state index in [9.17, 15) is 4.79 Å². The first kappa shape index (κ1) is 16.1. The Morgan fingerprint density at radius 1 is 1.19 bits per heavy atom. The van der Waals surface area contributed by atoms with Gasteiger partial charge in [-0.25, -0.2) is 0 Å². The molecule has 0 aliphatic carbocycles. The molecule has 0 radical (unpaired) electrons. The third kappa shape index (κ3) is 4.87. The van der Waals surface area contributed by atoms with Crippen molar-refractivity contribution in [1.82, 2.24) is 0 Å². The van der Waals surface area contributed by atoms with E-state index in [2.05, 4.69) is 15.9 Å². The molecule has 0 unspecified atom stereocenters. The number of hydrogen-bond acceptors (Lipinski definition) is 2. The van der Waals surface area contributed by atoms with E-state index in [4.69, 9.17) is 16.3 Å². The van der Waals surface area contributed by atoms with Crippen molar-refractivity contribution in [3.8, 4) is 5.75 Å². The Morgan fingerprint density at radius 3 is 2.62 bits per heavy atom. The van der Waals surface area contributed by atoms with Gasteiger partial charge in [-0.15, -0.1) is 0 Å². The zero-order valence-electron chi connectivity index (χ0n) is 11.7. The number of carbonyl (C=O) groups excluding carboxylic acids is 1. The number of ketones is 1. The van der Waals surface area contributed by atoms with Crippen LogP contribution in [0, 0.1) is 6.92 Å². The lowest BCUT2D eigenvalue weighted by atomic mass is 10.1. The van der Waals surface area contributed by atoms with E-state index < -0.39 is 0 Å². The molecule has 0 atom stereocenters. The molecule has 2 nitrogen and oxygen atoms in total. The first-order valence-corrected chi connectivity index (χ1v) is 7.91. The van der Waals surface area contributed by atoms with Crippen LogP contribution in [0.3, 0.4) is 0 Å². The SMILES string of the molecule is Cc1ccc(Cl)cc1OCCCC(=O)c1ccc(Br)cc1. The fourth-order valence-corrected chi connectivity index (χ4v) is 2.35. The molecule has 0 bridgehead atoms. The topological polar surface area (TPSA) is 26.3 Å². The number of halogens is 2. The molecule has 0 N–H and O–H groups in total. The van der Waals surface area contributed by atoms with E-state index in [0.29, 0.717) is 24.5 Å². The van der Waals surface area contributed by atoms with Gasteiger partial charge in [0.2, 0.25) is 0 Å². The van der Waals surface area contributed by atoms with Gasteiger partial charge in [0, 0.05) is 21.5 Å². The lowest BCUT2D eigenvalue weighted by molar-refractivity contribution is 0.0973. The van der Waals surface area contributed by atoms with Crippen LogP contribution in [0.1, 0.15) is 28.8 Å². The fourth-order valence-electron chi connectivity index (χ4n) is 1.92. The van der Waals surface area contributed by atoms with Crippen LogP contribution in [0.5, 0.6) is 5.75 Å². The summed E-state index contributed by atoms with van der Waals surface area (Å²) in [6, 6.07) is 13.0. The predicted octanol–water partition coefficient (Wildman–Crippen LogP) is 5.45. The lowest BCUT2D eigenvalue weighted by Gasteiger charge is -2.09. The Morgan fingerprint density at radius 2 is 1.90 bits per heavy atom. The number of rotatable bonds is 6. The van der Waals surface area contributed by atoms with Crippen molar-refractivity contribution >= 4 is 33.3 Å². The van der Waals surface area contributed by atoms with Gasteiger partial charge in [-0.05, 0) is 43.2 Å². The lowest BCUT2D eigenvalue weighted by Crippen LogP contribution is -2.04. The van der Waals surface area contributed by atoms with Gasteiger partial charge in [0.1, 0.15) is 5.75 Å². The summed E-state index contributed by atoms with van der Waals surface area (Å²) < 4.78 is 6.65. The highest BCUT2D eigenvalue weighted by Crippen LogP contribution is 2.22. The van der Waals surface area contributed by atoms with Crippen molar-refractivity contribution in [2.24, 2.45) is 0 Å². The number of benzene rings is 2. The molecular weight excluding hydrogens is 352 g/mol. The summed E-state index contributed by atoms with van der Waals surface area (Å²) in [7, 11) is 0. The van der Waals surface area contributed by atoms with E-state index in [1.165, 1.54) is 0 Å². The Kier molecular flexibility index (Phi) is 5.83. The molecule has 0 aromatic heterocycles. The standard InChI is InChI=1S/C17H16BrClO2/c1-12-4-9-15(19)11-17(12)21-10-2-3-16(20)13-5-7-14(18)8-6-13/h4-9,11H,2-3,10H2,1H3. The maximum absolute atomic E-state index is 12.0. The van der Waals surface area contributed by atoms with Gasteiger partial charge in [-0.3, -0.25) is 4.79 Å². The highest BCUT2D eigenvalue weighted by Gasteiger charge is 2.06. The smallest absolute Gasteiger partial charge is 0.163 e. The van der Waals surface area contributed by atoms with Gasteiger partial charge in [0.25, 0.3) is 0 Å². The summed E-state index contributed by atoms with van der Waals surface area (Å²) in [5.74, 6) is 0.910. The molecule has 0 spiro atoms. The summed E-state index contributed by atoms with van der Waals surface area (Å²) in [4.78, 5) is 12.0.